The Hall–Kier alpha value is -1.68. The molecule has 0 unspecified atom stereocenters. The zero-order valence-electron chi connectivity index (χ0n) is 11.1. The lowest BCUT2D eigenvalue weighted by Crippen LogP contribution is -2.18. The van der Waals surface area contributed by atoms with Crippen LogP contribution in [0.1, 0.15) is 31.2 Å². The normalized spacial score (nSPS) is 14.4. The largest absolute Gasteiger partial charge is 0.316 e. The molecule has 1 aliphatic carbocycles. The van der Waals surface area contributed by atoms with Crippen molar-refractivity contribution in [3.05, 3.63) is 51.6 Å². The predicted molar refractivity (Wildman–Crippen MR) is 76.2 cm³/mol. The van der Waals surface area contributed by atoms with E-state index >= 15 is 0 Å². The highest BCUT2D eigenvalue weighted by molar-refractivity contribution is 5.32. The minimum absolute atomic E-state index is 0.157. The topological polar surface area (TPSA) is 55.2 Å². The van der Waals surface area contributed by atoms with Gasteiger partial charge in [-0.25, -0.2) is 0 Å². The Bertz CT molecular complexity index is 452. The van der Waals surface area contributed by atoms with E-state index < -0.39 is 0 Å². The van der Waals surface area contributed by atoms with E-state index in [1.807, 2.05) is 12.1 Å². The number of nitro benzene ring substituents is 1. The second-order valence-corrected chi connectivity index (χ2v) is 4.93. The second-order valence-electron chi connectivity index (χ2n) is 4.93. The molecule has 0 amide bonds. The van der Waals surface area contributed by atoms with Gasteiger partial charge in [-0.05, 0) is 50.8 Å². The zero-order chi connectivity index (χ0) is 13.5. The molecule has 1 aromatic rings. The van der Waals surface area contributed by atoms with Gasteiger partial charge in [0.15, 0.2) is 0 Å². The molecule has 0 spiro atoms. The number of nitrogens with zero attached hydrogens (tertiary/aromatic N) is 1. The Balaban J connectivity index is 1.63. The number of non-ortho nitro benzene ring substituents is 1. The molecule has 4 nitrogen and oxygen atoms in total. The first-order chi connectivity index (χ1) is 9.25. The molecule has 102 valence electrons. The fourth-order valence-electron chi connectivity index (χ4n) is 2.36. The summed E-state index contributed by atoms with van der Waals surface area (Å²) in [6, 6.07) is 6.80. The van der Waals surface area contributed by atoms with Gasteiger partial charge < -0.3 is 5.32 Å². The quantitative estimate of drug-likeness (QED) is 0.354. The Morgan fingerprint density at radius 1 is 1.16 bits per heavy atom. The zero-order valence-corrected chi connectivity index (χ0v) is 11.1. The Labute approximate surface area is 113 Å². The number of nitrogens with one attached hydrogen (secondary N) is 1. The lowest BCUT2D eigenvalue weighted by Gasteiger charge is -2.05. The van der Waals surface area contributed by atoms with E-state index in [2.05, 4.69) is 11.4 Å². The fourth-order valence-corrected chi connectivity index (χ4v) is 2.36. The van der Waals surface area contributed by atoms with Crippen molar-refractivity contribution >= 4 is 5.69 Å². The molecule has 2 rings (SSSR count). The third-order valence-corrected chi connectivity index (χ3v) is 3.50. The lowest BCUT2D eigenvalue weighted by molar-refractivity contribution is -0.384. The molecule has 1 aromatic carbocycles. The fraction of sp³-hybridized carbons (Fsp3) is 0.467. The second kappa shape index (κ2) is 7.04. The number of hydrogen-bond donors (Lipinski definition) is 1. The number of benzene rings is 1. The molecular weight excluding hydrogens is 240 g/mol. The van der Waals surface area contributed by atoms with Crippen LogP contribution in [0.4, 0.5) is 5.69 Å². The number of hydrogen-bond acceptors (Lipinski definition) is 3. The maximum Gasteiger partial charge on any atom is 0.269 e. The molecule has 0 aromatic heterocycles. The van der Waals surface area contributed by atoms with E-state index in [1.165, 1.54) is 19.3 Å². The Morgan fingerprint density at radius 2 is 1.89 bits per heavy atom. The maximum absolute atomic E-state index is 10.5. The predicted octanol–water partition coefficient (Wildman–Crippen LogP) is 3.23. The van der Waals surface area contributed by atoms with Crippen LogP contribution in [-0.2, 0) is 6.42 Å². The minimum atomic E-state index is -0.364. The molecule has 0 bridgehead atoms. The van der Waals surface area contributed by atoms with Crippen molar-refractivity contribution in [1.29, 1.82) is 0 Å². The maximum atomic E-state index is 10.5. The third kappa shape index (κ3) is 4.48. The van der Waals surface area contributed by atoms with Gasteiger partial charge in [0.05, 0.1) is 4.92 Å². The van der Waals surface area contributed by atoms with Crippen LogP contribution in [0, 0.1) is 10.1 Å². The van der Waals surface area contributed by atoms with Crippen molar-refractivity contribution in [2.45, 2.75) is 32.1 Å². The van der Waals surface area contributed by atoms with Gasteiger partial charge in [0.1, 0.15) is 0 Å². The molecule has 19 heavy (non-hydrogen) atoms. The molecule has 1 N–H and O–H groups in total. The van der Waals surface area contributed by atoms with Gasteiger partial charge in [0.25, 0.3) is 5.69 Å². The van der Waals surface area contributed by atoms with Crippen molar-refractivity contribution in [2.75, 3.05) is 13.1 Å². The highest BCUT2D eigenvalue weighted by Gasteiger charge is 2.04. The molecule has 0 fully saturated rings. The average molecular weight is 260 g/mol. The van der Waals surface area contributed by atoms with E-state index in [0.29, 0.717) is 0 Å². The van der Waals surface area contributed by atoms with Crippen LogP contribution in [0.3, 0.4) is 0 Å². The summed E-state index contributed by atoms with van der Waals surface area (Å²) < 4.78 is 0. The van der Waals surface area contributed by atoms with Gasteiger partial charge in [0, 0.05) is 12.1 Å². The van der Waals surface area contributed by atoms with Crippen molar-refractivity contribution in [2.24, 2.45) is 0 Å². The molecule has 0 radical (unpaired) electrons. The van der Waals surface area contributed by atoms with Crippen molar-refractivity contribution in [3.8, 4) is 0 Å². The molecule has 0 saturated heterocycles. The van der Waals surface area contributed by atoms with E-state index in [4.69, 9.17) is 0 Å². The number of rotatable bonds is 7. The molecule has 0 aliphatic heterocycles. The van der Waals surface area contributed by atoms with Gasteiger partial charge in [0.2, 0.25) is 0 Å². The smallest absolute Gasteiger partial charge is 0.269 e. The number of allylic oxidation sites excluding steroid dienone is 1. The van der Waals surface area contributed by atoms with Gasteiger partial charge >= 0.3 is 0 Å². The summed E-state index contributed by atoms with van der Waals surface area (Å²) in [5, 5.41) is 13.9. The van der Waals surface area contributed by atoms with Gasteiger partial charge in [-0.3, -0.25) is 10.1 Å². The molecule has 0 heterocycles. The molecule has 0 atom stereocenters. The summed E-state index contributed by atoms with van der Waals surface area (Å²) >= 11 is 0. The van der Waals surface area contributed by atoms with Crippen molar-refractivity contribution in [1.82, 2.24) is 5.32 Å². The molecule has 0 saturated carbocycles. The summed E-state index contributed by atoms with van der Waals surface area (Å²) in [7, 11) is 0. The summed E-state index contributed by atoms with van der Waals surface area (Å²) in [5.74, 6) is 0. The van der Waals surface area contributed by atoms with Crippen LogP contribution in [-0.4, -0.2) is 18.0 Å². The summed E-state index contributed by atoms with van der Waals surface area (Å²) in [6.45, 7) is 1.95. The van der Waals surface area contributed by atoms with Crippen LogP contribution >= 0.6 is 0 Å². The number of nitro groups is 1. The van der Waals surface area contributed by atoms with Crippen LogP contribution in [0.5, 0.6) is 0 Å². The summed E-state index contributed by atoms with van der Waals surface area (Å²) in [5.41, 5.74) is 2.88. The monoisotopic (exact) mass is 260 g/mol. The lowest BCUT2D eigenvalue weighted by atomic mass is 10.1. The van der Waals surface area contributed by atoms with Crippen LogP contribution in [0.25, 0.3) is 0 Å². The highest BCUT2D eigenvalue weighted by atomic mass is 16.6. The van der Waals surface area contributed by atoms with E-state index in [9.17, 15) is 10.1 Å². The molecular formula is C15H20N2O2. The van der Waals surface area contributed by atoms with Crippen LogP contribution in [0.2, 0.25) is 0 Å². The van der Waals surface area contributed by atoms with Crippen LogP contribution in [0.15, 0.2) is 35.9 Å². The van der Waals surface area contributed by atoms with E-state index in [1.54, 1.807) is 17.7 Å². The highest BCUT2D eigenvalue weighted by Crippen LogP contribution is 2.19. The van der Waals surface area contributed by atoms with E-state index in [0.717, 1.165) is 31.5 Å². The third-order valence-electron chi connectivity index (χ3n) is 3.50. The summed E-state index contributed by atoms with van der Waals surface area (Å²) in [4.78, 5) is 10.2. The van der Waals surface area contributed by atoms with Crippen molar-refractivity contribution < 1.29 is 4.92 Å². The Morgan fingerprint density at radius 3 is 2.53 bits per heavy atom. The standard InChI is InChI=1S/C15H20N2O2/c18-17(19)15-7-5-14(6-8-15)10-12-16-11-9-13-3-1-2-4-13/h3,5-8,16H,1-2,4,9-12H2. The Kier molecular flexibility index (Phi) is 5.10. The van der Waals surface area contributed by atoms with Gasteiger partial charge in [-0.15, -0.1) is 0 Å². The first-order valence-corrected chi connectivity index (χ1v) is 6.87. The SMILES string of the molecule is O=[N+]([O-])c1ccc(CCNCCC2=CCCC2)cc1. The van der Waals surface area contributed by atoms with Crippen molar-refractivity contribution in [3.63, 3.8) is 0 Å². The van der Waals surface area contributed by atoms with Crippen LogP contribution < -0.4 is 5.32 Å². The van der Waals surface area contributed by atoms with E-state index in [-0.39, 0.29) is 10.6 Å². The van der Waals surface area contributed by atoms with Gasteiger partial charge in [-0.1, -0.05) is 23.8 Å². The molecule has 4 heteroatoms. The van der Waals surface area contributed by atoms with Gasteiger partial charge in [-0.2, -0.15) is 0 Å². The minimum Gasteiger partial charge on any atom is -0.316 e. The first-order valence-electron chi connectivity index (χ1n) is 6.87. The summed E-state index contributed by atoms with van der Waals surface area (Å²) in [6.07, 6.45) is 8.26. The first kappa shape index (κ1) is 13.7. The molecule has 1 aliphatic rings. The average Bonchev–Trinajstić information content (AvgIpc) is 2.92.